The molecule has 1 aromatic heterocycles. The molecule has 0 saturated carbocycles. The van der Waals surface area contributed by atoms with Crippen LogP contribution in [0.15, 0.2) is 33.7 Å². The fourth-order valence-corrected chi connectivity index (χ4v) is 2.78. The first-order valence-electron chi connectivity index (χ1n) is 8.20. The molecule has 1 amide bonds. The molecule has 0 atom stereocenters. The molecule has 0 unspecified atom stereocenters. The molecule has 25 heavy (non-hydrogen) atoms. The van der Waals surface area contributed by atoms with E-state index in [-0.39, 0.29) is 29.7 Å². The number of guanidine groups is 1. The molecule has 140 valence electrons. The van der Waals surface area contributed by atoms with Crippen LogP contribution in [0.4, 0.5) is 0 Å². The van der Waals surface area contributed by atoms with Crippen LogP contribution in [0.3, 0.4) is 0 Å². The minimum Gasteiger partial charge on any atom is -0.454 e. The van der Waals surface area contributed by atoms with E-state index in [4.69, 9.17) is 10.2 Å². The maximum Gasteiger partial charge on any atom is 0.284 e. The SMILES string of the molecule is C=C(C)CN1CCC(NC(=NC)NCc2ccc(C(N)=O)o2)CC1.I. The number of hydrogen-bond donors (Lipinski definition) is 3. The highest BCUT2D eigenvalue weighted by Gasteiger charge is 2.19. The minimum absolute atomic E-state index is 0. The number of hydrogen-bond acceptors (Lipinski definition) is 4. The normalized spacial score (nSPS) is 16.2. The van der Waals surface area contributed by atoms with Gasteiger partial charge in [0.1, 0.15) is 5.76 Å². The van der Waals surface area contributed by atoms with E-state index in [1.54, 1.807) is 19.2 Å². The van der Waals surface area contributed by atoms with Crippen LogP contribution in [0.5, 0.6) is 0 Å². The van der Waals surface area contributed by atoms with Crippen molar-refractivity contribution < 1.29 is 9.21 Å². The van der Waals surface area contributed by atoms with Gasteiger partial charge < -0.3 is 20.8 Å². The molecular weight excluding hydrogens is 433 g/mol. The van der Waals surface area contributed by atoms with Gasteiger partial charge in [-0.25, -0.2) is 0 Å². The van der Waals surface area contributed by atoms with Crippen LogP contribution in [0, 0.1) is 0 Å². The van der Waals surface area contributed by atoms with E-state index in [0.717, 1.165) is 38.4 Å². The molecule has 1 saturated heterocycles. The van der Waals surface area contributed by atoms with Gasteiger partial charge in [0.25, 0.3) is 5.91 Å². The highest BCUT2D eigenvalue weighted by Crippen LogP contribution is 2.11. The van der Waals surface area contributed by atoms with Crippen molar-refractivity contribution in [2.45, 2.75) is 32.4 Å². The van der Waals surface area contributed by atoms with Gasteiger partial charge in [0, 0.05) is 32.7 Å². The van der Waals surface area contributed by atoms with Gasteiger partial charge in [-0.1, -0.05) is 12.2 Å². The predicted molar refractivity (Wildman–Crippen MR) is 110 cm³/mol. The zero-order valence-electron chi connectivity index (χ0n) is 14.9. The Morgan fingerprint density at radius 1 is 1.44 bits per heavy atom. The van der Waals surface area contributed by atoms with Crippen LogP contribution in [0.2, 0.25) is 0 Å². The molecule has 0 radical (unpaired) electrons. The molecule has 1 fully saturated rings. The third-order valence-corrected chi connectivity index (χ3v) is 3.98. The zero-order chi connectivity index (χ0) is 17.5. The summed E-state index contributed by atoms with van der Waals surface area (Å²) in [5, 5.41) is 6.63. The van der Waals surface area contributed by atoms with Gasteiger partial charge in [0.15, 0.2) is 11.7 Å². The molecule has 0 aromatic carbocycles. The maximum absolute atomic E-state index is 11.0. The van der Waals surface area contributed by atoms with Crippen LogP contribution < -0.4 is 16.4 Å². The molecule has 0 bridgehead atoms. The Balaban J connectivity index is 0.00000312. The Morgan fingerprint density at radius 2 is 2.12 bits per heavy atom. The van der Waals surface area contributed by atoms with Crippen LogP contribution in [-0.2, 0) is 6.54 Å². The first-order chi connectivity index (χ1) is 11.5. The number of furan rings is 1. The molecule has 1 aliphatic heterocycles. The van der Waals surface area contributed by atoms with E-state index in [2.05, 4.69) is 34.0 Å². The van der Waals surface area contributed by atoms with Crippen LogP contribution in [0.25, 0.3) is 0 Å². The predicted octanol–water partition coefficient (Wildman–Crippen LogP) is 1.70. The second kappa shape index (κ2) is 10.4. The van der Waals surface area contributed by atoms with Gasteiger partial charge >= 0.3 is 0 Å². The van der Waals surface area contributed by atoms with E-state index in [1.165, 1.54) is 5.57 Å². The number of nitrogens with zero attached hydrogens (tertiary/aromatic N) is 2. The van der Waals surface area contributed by atoms with E-state index in [0.29, 0.717) is 18.3 Å². The van der Waals surface area contributed by atoms with Crippen molar-refractivity contribution in [2.24, 2.45) is 10.7 Å². The molecule has 4 N–H and O–H groups in total. The van der Waals surface area contributed by atoms with E-state index in [9.17, 15) is 4.79 Å². The molecule has 0 aliphatic carbocycles. The quantitative estimate of drug-likeness (QED) is 0.260. The Labute approximate surface area is 166 Å². The Hall–Kier alpha value is -1.55. The number of likely N-dealkylation sites (tertiary alicyclic amines) is 1. The summed E-state index contributed by atoms with van der Waals surface area (Å²) in [7, 11) is 1.74. The number of aliphatic imine (C=N–C) groups is 1. The molecule has 8 heteroatoms. The topological polar surface area (TPSA) is 95.9 Å². The van der Waals surface area contributed by atoms with Gasteiger partial charge in [-0.15, -0.1) is 24.0 Å². The highest BCUT2D eigenvalue weighted by molar-refractivity contribution is 14.0. The third-order valence-electron chi connectivity index (χ3n) is 3.98. The number of piperidine rings is 1. The van der Waals surface area contributed by atoms with Crippen molar-refractivity contribution in [3.63, 3.8) is 0 Å². The molecule has 1 aromatic rings. The molecule has 7 nitrogen and oxygen atoms in total. The maximum atomic E-state index is 11.0. The van der Waals surface area contributed by atoms with Crippen molar-refractivity contribution >= 4 is 35.8 Å². The highest BCUT2D eigenvalue weighted by atomic mass is 127. The summed E-state index contributed by atoms with van der Waals surface area (Å²) in [4.78, 5) is 17.7. The largest absolute Gasteiger partial charge is 0.454 e. The lowest BCUT2D eigenvalue weighted by Gasteiger charge is -2.33. The summed E-state index contributed by atoms with van der Waals surface area (Å²) in [6.45, 7) is 9.57. The molecular formula is C17H28IN5O2. The Morgan fingerprint density at radius 3 is 2.64 bits per heavy atom. The summed E-state index contributed by atoms with van der Waals surface area (Å²) in [6, 6.07) is 3.71. The lowest BCUT2D eigenvalue weighted by Crippen LogP contribution is -2.48. The van der Waals surface area contributed by atoms with Gasteiger partial charge in [-0.05, 0) is 31.9 Å². The minimum atomic E-state index is -0.565. The third kappa shape index (κ3) is 7.07. The second-order valence-electron chi connectivity index (χ2n) is 6.21. The number of halogens is 1. The van der Waals surface area contributed by atoms with Gasteiger partial charge in [0.05, 0.1) is 6.54 Å². The molecule has 0 spiro atoms. The Kier molecular flexibility index (Phi) is 8.98. The molecule has 1 aliphatic rings. The average molecular weight is 461 g/mol. The van der Waals surface area contributed by atoms with Crippen LogP contribution >= 0.6 is 24.0 Å². The molecule has 2 heterocycles. The van der Waals surface area contributed by atoms with E-state index in [1.807, 2.05) is 0 Å². The summed E-state index contributed by atoms with van der Waals surface area (Å²) in [5.74, 6) is 0.971. The summed E-state index contributed by atoms with van der Waals surface area (Å²) in [5.41, 5.74) is 6.38. The first-order valence-corrected chi connectivity index (χ1v) is 8.20. The second-order valence-corrected chi connectivity index (χ2v) is 6.21. The lowest BCUT2D eigenvalue weighted by atomic mass is 10.0. The van der Waals surface area contributed by atoms with Gasteiger partial charge in [-0.3, -0.25) is 14.7 Å². The average Bonchev–Trinajstić information content (AvgIpc) is 3.02. The van der Waals surface area contributed by atoms with E-state index >= 15 is 0 Å². The number of carbonyl (C=O) groups excluding carboxylic acids is 1. The van der Waals surface area contributed by atoms with Gasteiger partial charge in [0.2, 0.25) is 0 Å². The van der Waals surface area contributed by atoms with Crippen LogP contribution in [0.1, 0.15) is 36.1 Å². The fourth-order valence-electron chi connectivity index (χ4n) is 2.78. The van der Waals surface area contributed by atoms with Gasteiger partial charge in [-0.2, -0.15) is 0 Å². The summed E-state index contributed by atoms with van der Waals surface area (Å²) in [6.07, 6.45) is 2.14. The smallest absolute Gasteiger partial charge is 0.284 e. The standard InChI is InChI=1S/C17H27N5O2.HI/c1-12(2)11-22-8-6-13(7-9-22)21-17(19-3)20-10-14-4-5-15(24-14)16(18)23;/h4-5,13H,1,6-11H2,2-3H3,(H2,18,23)(H2,19,20,21);1H. The summed E-state index contributed by atoms with van der Waals surface area (Å²) < 4.78 is 5.35. The van der Waals surface area contributed by atoms with E-state index < -0.39 is 5.91 Å². The summed E-state index contributed by atoms with van der Waals surface area (Å²) >= 11 is 0. The number of amides is 1. The fraction of sp³-hybridized carbons (Fsp3) is 0.529. The number of nitrogens with one attached hydrogen (secondary N) is 2. The monoisotopic (exact) mass is 461 g/mol. The van der Waals surface area contributed by atoms with Crippen molar-refractivity contribution in [3.05, 3.63) is 35.8 Å². The van der Waals surface area contributed by atoms with Crippen molar-refractivity contribution in [1.29, 1.82) is 0 Å². The number of nitrogens with two attached hydrogens (primary N) is 1. The van der Waals surface area contributed by atoms with Crippen molar-refractivity contribution in [1.82, 2.24) is 15.5 Å². The lowest BCUT2D eigenvalue weighted by molar-refractivity contribution is 0.0972. The number of primary amides is 1. The number of carbonyl (C=O) groups is 1. The van der Waals surface area contributed by atoms with Crippen LogP contribution in [-0.4, -0.2) is 49.5 Å². The molecule has 2 rings (SSSR count). The Bertz CT molecular complexity index is 606. The van der Waals surface area contributed by atoms with Crippen molar-refractivity contribution in [3.8, 4) is 0 Å². The van der Waals surface area contributed by atoms with Crippen molar-refractivity contribution in [2.75, 3.05) is 26.7 Å². The zero-order valence-corrected chi connectivity index (χ0v) is 17.2. The first kappa shape index (κ1) is 21.5. The number of rotatable bonds is 6.